The number of fused-ring (bicyclic) bond motifs is 1. The molecule has 0 saturated heterocycles. The van der Waals surface area contributed by atoms with Crippen LogP contribution in [0.2, 0.25) is 0 Å². The van der Waals surface area contributed by atoms with Crippen LogP contribution in [0.15, 0.2) is 47.5 Å². The number of hydrogen-bond acceptors (Lipinski definition) is 3. The molecule has 24 heavy (non-hydrogen) atoms. The van der Waals surface area contributed by atoms with Gasteiger partial charge in [0.1, 0.15) is 0 Å². The molecule has 6 nitrogen and oxygen atoms in total. The minimum Gasteiger partial charge on any atom is -0.349 e. The van der Waals surface area contributed by atoms with E-state index in [9.17, 15) is 9.59 Å². The van der Waals surface area contributed by atoms with Crippen LogP contribution in [-0.4, -0.2) is 26.3 Å². The predicted molar refractivity (Wildman–Crippen MR) is 91.0 cm³/mol. The molecule has 2 aromatic heterocycles. The smallest absolute Gasteiger partial charge is 0.261 e. The third-order valence-corrected chi connectivity index (χ3v) is 4.32. The van der Waals surface area contributed by atoms with Crippen LogP contribution in [0, 0.1) is 0 Å². The van der Waals surface area contributed by atoms with Crippen molar-refractivity contribution in [1.82, 2.24) is 19.7 Å². The number of nitrogens with zero attached hydrogens (tertiary/aromatic N) is 3. The molecule has 1 saturated carbocycles. The first-order valence-electron chi connectivity index (χ1n) is 8.03. The van der Waals surface area contributed by atoms with Crippen molar-refractivity contribution in [2.45, 2.75) is 25.4 Å². The Morgan fingerprint density at radius 2 is 2.04 bits per heavy atom. The fourth-order valence-electron chi connectivity index (χ4n) is 2.90. The number of amides is 1. The van der Waals surface area contributed by atoms with E-state index in [-0.39, 0.29) is 17.5 Å². The minimum absolute atomic E-state index is 0.134. The van der Waals surface area contributed by atoms with Crippen molar-refractivity contribution in [3.8, 4) is 0 Å². The zero-order valence-electron chi connectivity index (χ0n) is 13.4. The standard InChI is InChI=1S/C18H18N4O2/c1-21-16-14(9-19-21)18(24)22(10-12-5-3-2-4-6-12)11-15(16)17(23)20-13-7-8-13/h2-6,9,11,13H,7-8,10H2,1H3,(H,20,23). The van der Waals surface area contributed by atoms with Crippen LogP contribution in [0.5, 0.6) is 0 Å². The molecule has 1 aromatic carbocycles. The van der Waals surface area contributed by atoms with Crippen molar-refractivity contribution in [2.75, 3.05) is 0 Å². The molecule has 4 rings (SSSR count). The van der Waals surface area contributed by atoms with Crippen molar-refractivity contribution in [3.05, 3.63) is 64.2 Å². The van der Waals surface area contributed by atoms with Crippen LogP contribution in [0.3, 0.4) is 0 Å². The van der Waals surface area contributed by atoms with Gasteiger partial charge in [-0.15, -0.1) is 0 Å². The summed E-state index contributed by atoms with van der Waals surface area (Å²) in [5.41, 5.74) is 1.95. The second-order valence-corrected chi connectivity index (χ2v) is 6.24. The van der Waals surface area contributed by atoms with Gasteiger partial charge in [-0.05, 0) is 18.4 Å². The maximum Gasteiger partial charge on any atom is 0.261 e. The highest BCUT2D eigenvalue weighted by atomic mass is 16.2. The van der Waals surface area contributed by atoms with Gasteiger partial charge in [0.15, 0.2) is 0 Å². The average molecular weight is 322 g/mol. The molecule has 1 aliphatic rings. The van der Waals surface area contributed by atoms with E-state index in [0.29, 0.717) is 23.0 Å². The third kappa shape index (κ3) is 2.60. The quantitative estimate of drug-likeness (QED) is 0.794. The lowest BCUT2D eigenvalue weighted by Crippen LogP contribution is -2.29. The number of aryl methyl sites for hydroxylation is 1. The molecule has 1 N–H and O–H groups in total. The first kappa shape index (κ1) is 14.7. The lowest BCUT2D eigenvalue weighted by Gasteiger charge is -2.11. The highest BCUT2D eigenvalue weighted by Crippen LogP contribution is 2.21. The Kier molecular flexibility index (Phi) is 3.45. The minimum atomic E-state index is -0.145. The molecule has 1 aliphatic carbocycles. The Balaban J connectivity index is 1.83. The zero-order valence-corrected chi connectivity index (χ0v) is 13.4. The maximum absolute atomic E-state index is 12.7. The van der Waals surface area contributed by atoms with Crippen LogP contribution in [0.25, 0.3) is 10.9 Å². The van der Waals surface area contributed by atoms with Gasteiger partial charge >= 0.3 is 0 Å². The van der Waals surface area contributed by atoms with Gasteiger partial charge in [-0.1, -0.05) is 30.3 Å². The number of benzene rings is 1. The van der Waals surface area contributed by atoms with Crippen molar-refractivity contribution in [3.63, 3.8) is 0 Å². The second kappa shape index (κ2) is 5.63. The van der Waals surface area contributed by atoms with Gasteiger partial charge in [0.05, 0.1) is 29.2 Å². The summed E-state index contributed by atoms with van der Waals surface area (Å²) in [4.78, 5) is 25.3. The summed E-state index contributed by atoms with van der Waals surface area (Å²) in [6.45, 7) is 0.425. The van der Waals surface area contributed by atoms with Crippen molar-refractivity contribution in [1.29, 1.82) is 0 Å². The van der Waals surface area contributed by atoms with Gasteiger partial charge in [0.2, 0.25) is 0 Å². The van der Waals surface area contributed by atoms with Crippen LogP contribution in [0.4, 0.5) is 0 Å². The summed E-state index contributed by atoms with van der Waals surface area (Å²) in [5.74, 6) is -0.145. The maximum atomic E-state index is 12.7. The SMILES string of the molecule is Cn1ncc2c(=O)n(Cc3ccccc3)cc(C(=O)NC3CC3)c21. The largest absolute Gasteiger partial charge is 0.349 e. The first-order valence-corrected chi connectivity index (χ1v) is 8.03. The average Bonchev–Trinajstić information content (AvgIpc) is 3.31. The Bertz CT molecular complexity index is 968. The van der Waals surface area contributed by atoms with Gasteiger partial charge in [0, 0.05) is 19.3 Å². The molecule has 0 atom stereocenters. The number of rotatable bonds is 4. The molecule has 0 aliphatic heterocycles. The Morgan fingerprint density at radius 1 is 1.29 bits per heavy atom. The molecule has 6 heteroatoms. The van der Waals surface area contributed by atoms with Gasteiger partial charge < -0.3 is 9.88 Å². The molecule has 3 aromatic rings. The molecule has 0 spiro atoms. The monoisotopic (exact) mass is 322 g/mol. The van der Waals surface area contributed by atoms with E-state index in [4.69, 9.17) is 0 Å². The summed E-state index contributed by atoms with van der Waals surface area (Å²) in [5, 5.41) is 7.63. The molecule has 122 valence electrons. The molecular formula is C18H18N4O2. The van der Waals surface area contributed by atoms with Crippen molar-refractivity contribution in [2.24, 2.45) is 7.05 Å². The highest BCUT2D eigenvalue weighted by molar-refractivity contribution is 6.05. The molecular weight excluding hydrogens is 304 g/mol. The lowest BCUT2D eigenvalue weighted by molar-refractivity contribution is 0.0951. The van der Waals surface area contributed by atoms with Gasteiger partial charge in [-0.3, -0.25) is 14.3 Å². The molecule has 1 fully saturated rings. The number of hydrogen-bond donors (Lipinski definition) is 1. The third-order valence-electron chi connectivity index (χ3n) is 4.32. The highest BCUT2D eigenvalue weighted by Gasteiger charge is 2.26. The fourth-order valence-corrected chi connectivity index (χ4v) is 2.90. The second-order valence-electron chi connectivity index (χ2n) is 6.24. The number of carbonyl (C=O) groups is 1. The summed E-state index contributed by atoms with van der Waals surface area (Å²) in [6, 6.07) is 9.99. The molecule has 0 bridgehead atoms. The Labute approximate surface area is 138 Å². The van der Waals surface area contributed by atoms with Gasteiger partial charge in [0.25, 0.3) is 11.5 Å². The van der Waals surface area contributed by atoms with E-state index < -0.39 is 0 Å². The molecule has 1 amide bonds. The number of pyridine rings is 1. The van der Waals surface area contributed by atoms with Crippen LogP contribution >= 0.6 is 0 Å². The fraction of sp³-hybridized carbons (Fsp3) is 0.278. The Hall–Kier alpha value is -2.89. The van der Waals surface area contributed by atoms with E-state index >= 15 is 0 Å². The molecule has 2 heterocycles. The Morgan fingerprint density at radius 3 is 2.75 bits per heavy atom. The topological polar surface area (TPSA) is 68.9 Å². The molecule has 0 radical (unpaired) electrons. The summed E-state index contributed by atoms with van der Waals surface area (Å²) in [6.07, 6.45) is 5.22. The van der Waals surface area contributed by atoms with Crippen molar-refractivity contribution >= 4 is 16.8 Å². The number of nitrogens with one attached hydrogen (secondary N) is 1. The van der Waals surface area contributed by atoms with Gasteiger partial charge in [-0.25, -0.2) is 0 Å². The first-order chi connectivity index (χ1) is 11.6. The van der Waals surface area contributed by atoms with E-state index in [0.717, 1.165) is 18.4 Å². The normalized spacial score (nSPS) is 14.0. The summed E-state index contributed by atoms with van der Waals surface area (Å²) >= 11 is 0. The molecule has 0 unspecified atom stereocenters. The lowest BCUT2D eigenvalue weighted by atomic mass is 10.1. The zero-order chi connectivity index (χ0) is 16.7. The summed E-state index contributed by atoms with van der Waals surface area (Å²) in [7, 11) is 1.75. The van der Waals surface area contributed by atoms with E-state index in [1.54, 1.807) is 22.5 Å². The van der Waals surface area contributed by atoms with E-state index in [2.05, 4.69) is 10.4 Å². The predicted octanol–water partition coefficient (Wildman–Crippen LogP) is 1.68. The van der Waals surface area contributed by atoms with E-state index in [1.165, 1.54) is 6.20 Å². The van der Waals surface area contributed by atoms with Gasteiger partial charge in [-0.2, -0.15) is 5.10 Å². The summed E-state index contributed by atoms with van der Waals surface area (Å²) < 4.78 is 3.17. The van der Waals surface area contributed by atoms with E-state index in [1.807, 2.05) is 30.3 Å². The van der Waals surface area contributed by atoms with Crippen molar-refractivity contribution < 1.29 is 4.79 Å². The van der Waals surface area contributed by atoms with Crippen LogP contribution in [0.1, 0.15) is 28.8 Å². The number of carbonyl (C=O) groups excluding carboxylic acids is 1. The number of aromatic nitrogens is 3. The van der Waals surface area contributed by atoms with Crippen LogP contribution in [-0.2, 0) is 13.6 Å². The van der Waals surface area contributed by atoms with Crippen LogP contribution < -0.4 is 10.9 Å².